The average molecular weight is 395 g/mol. The number of hydrogen-bond donors (Lipinski definition) is 1. The predicted molar refractivity (Wildman–Crippen MR) is 108 cm³/mol. The normalized spacial score (nSPS) is 10.7. The summed E-state index contributed by atoms with van der Waals surface area (Å²) < 4.78 is 19.9. The molecule has 0 aliphatic heterocycles. The molecule has 0 bridgehead atoms. The summed E-state index contributed by atoms with van der Waals surface area (Å²) in [4.78, 5) is 30.1. The van der Waals surface area contributed by atoms with Crippen LogP contribution in [0.25, 0.3) is 5.69 Å². The average Bonchev–Trinajstić information content (AvgIpc) is 2.69. The van der Waals surface area contributed by atoms with Gasteiger partial charge in [0.15, 0.2) is 0 Å². The Balaban J connectivity index is 1.89. The summed E-state index contributed by atoms with van der Waals surface area (Å²) in [5.41, 5.74) is 2.99. The van der Waals surface area contributed by atoms with Crippen LogP contribution in [0, 0.1) is 26.6 Å². The lowest BCUT2D eigenvalue weighted by molar-refractivity contribution is 0.0948. The van der Waals surface area contributed by atoms with Crippen LogP contribution < -0.4 is 15.6 Å². The fraction of sp³-hybridized carbons (Fsp3) is 0.227. The molecule has 0 saturated carbocycles. The van der Waals surface area contributed by atoms with Gasteiger partial charge in [-0.3, -0.25) is 19.1 Å². The second-order valence-electron chi connectivity index (χ2n) is 6.75. The minimum atomic E-state index is -0.496. The number of hydrogen-bond acceptors (Lipinski definition) is 4. The third-order valence-corrected chi connectivity index (χ3v) is 4.80. The summed E-state index contributed by atoms with van der Waals surface area (Å²) in [7, 11) is 1.59. The minimum absolute atomic E-state index is 0.0357. The first kappa shape index (κ1) is 20.3. The Morgan fingerprint density at radius 1 is 1.14 bits per heavy atom. The van der Waals surface area contributed by atoms with Crippen LogP contribution in [0.3, 0.4) is 0 Å². The first-order valence-corrected chi connectivity index (χ1v) is 9.09. The highest BCUT2D eigenvalue weighted by molar-refractivity contribution is 5.95. The van der Waals surface area contributed by atoms with Crippen molar-refractivity contribution >= 4 is 5.91 Å². The molecule has 0 atom stereocenters. The predicted octanol–water partition coefficient (Wildman–Crippen LogP) is 3.24. The molecule has 6 nitrogen and oxygen atoms in total. The number of halogens is 1. The zero-order valence-corrected chi connectivity index (χ0v) is 16.7. The molecule has 0 saturated heterocycles. The number of aromatic nitrogens is 2. The van der Waals surface area contributed by atoms with Crippen LogP contribution in [0.4, 0.5) is 4.39 Å². The largest absolute Gasteiger partial charge is 0.496 e. The second kappa shape index (κ2) is 8.26. The van der Waals surface area contributed by atoms with Gasteiger partial charge in [0.25, 0.3) is 11.5 Å². The molecule has 0 aliphatic rings. The molecule has 29 heavy (non-hydrogen) atoms. The Hall–Kier alpha value is -3.48. The number of ether oxygens (including phenoxy) is 1. The molecule has 2 aromatic heterocycles. The van der Waals surface area contributed by atoms with Gasteiger partial charge in [0, 0.05) is 29.2 Å². The van der Waals surface area contributed by atoms with Crippen LogP contribution in [-0.2, 0) is 6.54 Å². The Kier molecular flexibility index (Phi) is 5.77. The van der Waals surface area contributed by atoms with Crippen molar-refractivity contribution in [3.05, 3.63) is 86.8 Å². The van der Waals surface area contributed by atoms with E-state index in [0.717, 1.165) is 16.9 Å². The first-order chi connectivity index (χ1) is 13.8. The molecule has 1 amide bonds. The van der Waals surface area contributed by atoms with E-state index in [2.05, 4.69) is 10.3 Å². The van der Waals surface area contributed by atoms with Crippen LogP contribution in [0.1, 0.15) is 32.7 Å². The molecule has 0 aliphatic carbocycles. The third kappa shape index (κ3) is 4.03. The minimum Gasteiger partial charge on any atom is -0.496 e. The maximum absolute atomic E-state index is 13.2. The van der Waals surface area contributed by atoms with Crippen LogP contribution >= 0.6 is 0 Å². The highest BCUT2D eigenvalue weighted by Gasteiger charge is 2.17. The third-order valence-electron chi connectivity index (χ3n) is 4.80. The van der Waals surface area contributed by atoms with Crippen LogP contribution in [0.15, 0.2) is 47.5 Å². The SMILES string of the molecule is COc1c(C)cnc(CNC(=O)c2c(C)ccn(-c3ccc(F)cc3)c2=O)c1C. The van der Waals surface area contributed by atoms with Crippen molar-refractivity contribution in [3.63, 3.8) is 0 Å². The summed E-state index contributed by atoms with van der Waals surface area (Å²) in [5.74, 6) is -0.174. The van der Waals surface area contributed by atoms with E-state index in [9.17, 15) is 14.0 Å². The summed E-state index contributed by atoms with van der Waals surface area (Å²) >= 11 is 0. The van der Waals surface area contributed by atoms with E-state index in [1.807, 2.05) is 13.8 Å². The van der Waals surface area contributed by atoms with E-state index >= 15 is 0 Å². The zero-order valence-electron chi connectivity index (χ0n) is 16.7. The van der Waals surface area contributed by atoms with Crippen LogP contribution in [0.5, 0.6) is 5.75 Å². The number of nitrogens with zero attached hydrogens (tertiary/aromatic N) is 2. The van der Waals surface area contributed by atoms with Crippen molar-refractivity contribution in [2.75, 3.05) is 7.11 Å². The number of nitrogens with one attached hydrogen (secondary N) is 1. The van der Waals surface area contributed by atoms with E-state index in [4.69, 9.17) is 4.74 Å². The van der Waals surface area contributed by atoms with Crippen molar-refractivity contribution in [1.29, 1.82) is 0 Å². The van der Waals surface area contributed by atoms with Crippen LogP contribution in [0.2, 0.25) is 0 Å². The molecule has 3 aromatic rings. The maximum atomic E-state index is 13.2. The molecular weight excluding hydrogens is 373 g/mol. The quantitative estimate of drug-likeness (QED) is 0.720. The number of carbonyl (C=O) groups excluding carboxylic acids is 1. The first-order valence-electron chi connectivity index (χ1n) is 9.09. The lowest BCUT2D eigenvalue weighted by atomic mass is 10.1. The molecule has 0 spiro atoms. The number of carbonyl (C=O) groups is 1. The molecule has 0 radical (unpaired) electrons. The Morgan fingerprint density at radius 2 is 1.83 bits per heavy atom. The summed E-state index contributed by atoms with van der Waals surface area (Å²) in [6, 6.07) is 7.18. The van der Waals surface area contributed by atoms with Crippen molar-refractivity contribution < 1.29 is 13.9 Å². The van der Waals surface area contributed by atoms with Crippen molar-refractivity contribution in [2.45, 2.75) is 27.3 Å². The van der Waals surface area contributed by atoms with Gasteiger partial charge in [-0.25, -0.2) is 4.39 Å². The van der Waals surface area contributed by atoms with Crippen molar-refractivity contribution in [1.82, 2.24) is 14.9 Å². The highest BCUT2D eigenvalue weighted by Crippen LogP contribution is 2.23. The number of amides is 1. The molecular formula is C22H22FN3O3. The molecule has 3 rings (SSSR count). The lowest BCUT2D eigenvalue weighted by Crippen LogP contribution is -2.33. The Morgan fingerprint density at radius 3 is 2.48 bits per heavy atom. The fourth-order valence-corrected chi connectivity index (χ4v) is 3.21. The monoisotopic (exact) mass is 395 g/mol. The summed E-state index contributed by atoms with van der Waals surface area (Å²) in [5, 5.41) is 2.77. The molecule has 1 N–H and O–H groups in total. The van der Waals surface area contributed by atoms with E-state index in [0.29, 0.717) is 16.9 Å². The second-order valence-corrected chi connectivity index (χ2v) is 6.75. The van der Waals surface area contributed by atoms with E-state index in [1.165, 1.54) is 28.8 Å². The maximum Gasteiger partial charge on any atom is 0.268 e. The van der Waals surface area contributed by atoms with Gasteiger partial charge in [-0.15, -0.1) is 0 Å². The number of methoxy groups -OCH3 is 1. The van der Waals surface area contributed by atoms with Gasteiger partial charge < -0.3 is 10.1 Å². The fourth-order valence-electron chi connectivity index (χ4n) is 3.21. The van der Waals surface area contributed by atoms with E-state index < -0.39 is 17.3 Å². The topological polar surface area (TPSA) is 73.2 Å². The molecule has 1 aromatic carbocycles. The van der Waals surface area contributed by atoms with Gasteiger partial charge >= 0.3 is 0 Å². The van der Waals surface area contributed by atoms with Crippen molar-refractivity contribution in [3.8, 4) is 11.4 Å². The van der Waals surface area contributed by atoms with Gasteiger partial charge in [-0.2, -0.15) is 0 Å². The van der Waals surface area contributed by atoms with E-state index in [1.54, 1.807) is 32.5 Å². The molecule has 2 heterocycles. The van der Waals surface area contributed by atoms with Gasteiger partial charge in [0.05, 0.1) is 19.3 Å². The summed E-state index contributed by atoms with van der Waals surface area (Å²) in [6.07, 6.45) is 3.25. The highest BCUT2D eigenvalue weighted by atomic mass is 19.1. The number of benzene rings is 1. The van der Waals surface area contributed by atoms with Gasteiger partial charge in [-0.05, 0) is 56.7 Å². The van der Waals surface area contributed by atoms with Gasteiger partial charge in [-0.1, -0.05) is 0 Å². The Labute approximate surface area is 168 Å². The zero-order chi connectivity index (χ0) is 21.1. The number of aryl methyl sites for hydroxylation is 2. The Bertz CT molecular complexity index is 1120. The molecule has 7 heteroatoms. The molecule has 150 valence electrons. The molecule has 0 fully saturated rings. The van der Waals surface area contributed by atoms with Crippen LogP contribution in [-0.4, -0.2) is 22.6 Å². The van der Waals surface area contributed by atoms with Gasteiger partial charge in [0.1, 0.15) is 17.1 Å². The number of pyridine rings is 2. The van der Waals surface area contributed by atoms with Gasteiger partial charge in [0.2, 0.25) is 0 Å². The standard InChI is InChI=1S/C22H22FN3O3/c1-13-9-10-26(17-7-5-16(23)6-8-17)22(28)19(13)21(27)25-12-18-15(3)20(29-4)14(2)11-24-18/h5-11H,12H2,1-4H3,(H,25,27). The summed E-state index contributed by atoms with van der Waals surface area (Å²) in [6.45, 7) is 5.62. The lowest BCUT2D eigenvalue weighted by Gasteiger charge is -2.14. The van der Waals surface area contributed by atoms with E-state index in [-0.39, 0.29) is 12.1 Å². The number of rotatable bonds is 5. The smallest absolute Gasteiger partial charge is 0.268 e. The molecule has 0 unspecified atom stereocenters. The van der Waals surface area contributed by atoms with Crippen molar-refractivity contribution in [2.24, 2.45) is 0 Å².